The van der Waals surface area contributed by atoms with Crippen molar-refractivity contribution in [2.75, 3.05) is 6.61 Å². The summed E-state index contributed by atoms with van der Waals surface area (Å²) in [5.74, 6) is 0.195. The second-order valence-electron chi connectivity index (χ2n) is 5.32. The first kappa shape index (κ1) is 13.1. The third-order valence-electron chi connectivity index (χ3n) is 3.72. The molecule has 0 saturated heterocycles. The van der Waals surface area contributed by atoms with Gasteiger partial charge in [0.25, 0.3) is 0 Å². The second-order valence-corrected chi connectivity index (χ2v) is 5.32. The SMILES string of the molecule is CC(N)(C(=O)OCC1CCCC1)c1ccccc1. The molecule has 2 N–H and O–H groups in total. The topological polar surface area (TPSA) is 52.3 Å². The number of hydrogen-bond donors (Lipinski definition) is 1. The van der Waals surface area contributed by atoms with Crippen LogP contribution in [-0.2, 0) is 15.1 Å². The van der Waals surface area contributed by atoms with Gasteiger partial charge in [0.05, 0.1) is 6.61 Å². The van der Waals surface area contributed by atoms with E-state index < -0.39 is 5.54 Å². The number of esters is 1. The van der Waals surface area contributed by atoms with Crippen LogP contribution in [0.2, 0.25) is 0 Å². The normalized spacial score (nSPS) is 19.4. The predicted molar refractivity (Wildman–Crippen MR) is 70.9 cm³/mol. The van der Waals surface area contributed by atoms with Crippen LogP contribution < -0.4 is 5.73 Å². The van der Waals surface area contributed by atoms with Crippen LogP contribution in [0.3, 0.4) is 0 Å². The van der Waals surface area contributed by atoms with E-state index in [-0.39, 0.29) is 5.97 Å². The van der Waals surface area contributed by atoms with E-state index in [0.717, 1.165) is 5.56 Å². The molecule has 18 heavy (non-hydrogen) atoms. The van der Waals surface area contributed by atoms with Crippen LogP contribution >= 0.6 is 0 Å². The maximum absolute atomic E-state index is 12.1. The summed E-state index contributed by atoms with van der Waals surface area (Å²) >= 11 is 0. The molecule has 98 valence electrons. The molecular formula is C15H21NO2. The van der Waals surface area contributed by atoms with Gasteiger partial charge in [0.1, 0.15) is 5.54 Å². The van der Waals surface area contributed by atoms with Crippen LogP contribution in [-0.4, -0.2) is 12.6 Å². The van der Waals surface area contributed by atoms with Gasteiger partial charge in [0.15, 0.2) is 0 Å². The lowest BCUT2D eigenvalue weighted by atomic mass is 9.93. The molecule has 0 aromatic heterocycles. The first-order valence-electron chi connectivity index (χ1n) is 6.62. The minimum Gasteiger partial charge on any atom is -0.464 e. The van der Waals surface area contributed by atoms with Gasteiger partial charge >= 0.3 is 5.97 Å². The molecule has 1 atom stereocenters. The highest BCUT2D eigenvalue weighted by molar-refractivity contribution is 5.81. The minimum absolute atomic E-state index is 0.333. The predicted octanol–water partition coefficient (Wildman–Crippen LogP) is 2.59. The number of benzene rings is 1. The summed E-state index contributed by atoms with van der Waals surface area (Å²) in [6, 6.07) is 9.38. The van der Waals surface area contributed by atoms with Crippen LogP contribution in [0, 0.1) is 5.92 Å². The summed E-state index contributed by atoms with van der Waals surface area (Å²) in [5, 5.41) is 0. The monoisotopic (exact) mass is 247 g/mol. The van der Waals surface area contributed by atoms with Crippen molar-refractivity contribution < 1.29 is 9.53 Å². The Morgan fingerprint density at radius 3 is 2.56 bits per heavy atom. The molecule has 0 radical (unpaired) electrons. The maximum Gasteiger partial charge on any atom is 0.330 e. The van der Waals surface area contributed by atoms with Gasteiger partial charge in [-0.3, -0.25) is 0 Å². The van der Waals surface area contributed by atoms with Crippen molar-refractivity contribution in [3.8, 4) is 0 Å². The Balaban J connectivity index is 1.94. The zero-order chi connectivity index (χ0) is 13.0. The van der Waals surface area contributed by atoms with Crippen molar-refractivity contribution >= 4 is 5.97 Å². The van der Waals surface area contributed by atoms with Crippen LogP contribution in [0.4, 0.5) is 0 Å². The van der Waals surface area contributed by atoms with E-state index >= 15 is 0 Å². The third-order valence-corrected chi connectivity index (χ3v) is 3.72. The summed E-state index contributed by atoms with van der Waals surface area (Å²) in [5.41, 5.74) is 5.83. The highest BCUT2D eigenvalue weighted by Gasteiger charge is 2.32. The van der Waals surface area contributed by atoms with Gasteiger partial charge in [-0.25, -0.2) is 4.79 Å². The van der Waals surface area contributed by atoms with Crippen LogP contribution in [0.1, 0.15) is 38.2 Å². The number of nitrogens with two attached hydrogens (primary N) is 1. The Morgan fingerprint density at radius 1 is 1.33 bits per heavy atom. The van der Waals surface area contributed by atoms with Crippen molar-refractivity contribution in [2.24, 2.45) is 11.7 Å². The van der Waals surface area contributed by atoms with E-state index in [0.29, 0.717) is 12.5 Å². The molecule has 0 amide bonds. The lowest BCUT2D eigenvalue weighted by Crippen LogP contribution is -2.43. The number of carbonyl (C=O) groups is 1. The molecule has 1 aliphatic rings. The summed E-state index contributed by atoms with van der Waals surface area (Å²) < 4.78 is 5.38. The lowest BCUT2D eigenvalue weighted by molar-refractivity contribution is -0.151. The molecule has 0 spiro atoms. The van der Waals surface area contributed by atoms with E-state index in [9.17, 15) is 4.79 Å². The smallest absolute Gasteiger partial charge is 0.330 e. The Labute approximate surface area is 108 Å². The number of carbonyl (C=O) groups excluding carboxylic acids is 1. The van der Waals surface area contributed by atoms with E-state index in [2.05, 4.69) is 0 Å². The second kappa shape index (κ2) is 5.53. The Morgan fingerprint density at radius 2 is 1.94 bits per heavy atom. The molecular weight excluding hydrogens is 226 g/mol. The zero-order valence-electron chi connectivity index (χ0n) is 10.9. The quantitative estimate of drug-likeness (QED) is 0.832. The number of hydrogen-bond acceptors (Lipinski definition) is 3. The Kier molecular flexibility index (Phi) is 4.02. The van der Waals surface area contributed by atoms with E-state index in [1.807, 2.05) is 30.3 Å². The molecule has 0 bridgehead atoms. The van der Waals surface area contributed by atoms with Crippen LogP contribution in [0.5, 0.6) is 0 Å². The standard InChI is InChI=1S/C15H21NO2/c1-15(16,13-9-3-2-4-10-13)14(17)18-11-12-7-5-6-8-12/h2-4,9-10,12H,5-8,11,16H2,1H3. The summed E-state index contributed by atoms with van der Waals surface area (Å²) in [4.78, 5) is 12.1. The molecule has 1 aromatic carbocycles. The number of rotatable bonds is 4. The van der Waals surface area contributed by atoms with Gasteiger partial charge in [-0.15, -0.1) is 0 Å². The van der Waals surface area contributed by atoms with Crippen LogP contribution in [0.15, 0.2) is 30.3 Å². The first-order chi connectivity index (χ1) is 8.60. The van der Waals surface area contributed by atoms with E-state index in [1.54, 1.807) is 6.92 Å². The van der Waals surface area contributed by atoms with Gasteiger partial charge in [0.2, 0.25) is 0 Å². The van der Waals surface area contributed by atoms with Gasteiger partial charge in [-0.1, -0.05) is 43.2 Å². The average Bonchev–Trinajstić information content (AvgIpc) is 2.90. The molecule has 1 fully saturated rings. The fraction of sp³-hybridized carbons (Fsp3) is 0.533. The molecule has 0 aliphatic heterocycles. The summed E-state index contributed by atoms with van der Waals surface area (Å²) in [6.45, 7) is 2.22. The number of ether oxygens (including phenoxy) is 1. The molecule has 3 nitrogen and oxygen atoms in total. The van der Waals surface area contributed by atoms with Crippen molar-refractivity contribution in [3.63, 3.8) is 0 Å². The fourth-order valence-corrected chi connectivity index (χ4v) is 2.42. The molecule has 3 heteroatoms. The van der Waals surface area contributed by atoms with Crippen molar-refractivity contribution in [3.05, 3.63) is 35.9 Å². The van der Waals surface area contributed by atoms with Crippen molar-refractivity contribution in [1.82, 2.24) is 0 Å². The average molecular weight is 247 g/mol. The minimum atomic E-state index is -1.06. The lowest BCUT2D eigenvalue weighted by Gasteiger charge is -2.24. The Bertz CT molecular complexity index is 394. The molecule has 1 aromatic rings. The molecule has 1 saturated carbocycles. The van der Waals surface area contributed by atoms with Gasteiger partial charge in [-0.05, 0) is 31.2 Å². The zero-order valence-corrected chi connectivity index (χ0v) is 10.9. The van der Waals surface area contributed by atoms with E-state index in [1.165, 1.54) is 25.7 Å². The van der Waals surface area contributed by atoms with Crippen molar-refractivity contribution in [2.45, 2.75) is 38.1 Å². The van der Waals surface area contributed by atoms with Gasteiger partial charge in [0, 0.05) is 0 Å². The van der Waals surface area contributed by atoms with Gasteiger partial charge in [-0.2, -0.15) is 0 Å². The van der Waals surface area contributed by atoms with Gasteiger partial charge < -0.3 is 10.5 Å². The highest BCUT2D eigenvalue weighted by Crippen LogP contribution is 2.26. The highest BCUT2D eigenvalue weighted by atomic mass is 16.5. The van der Waals surface area contributed by atoms with Crippen LogP contribution in [0.25, 0.3) is 0 Å². The van der Waals surface area contributed by atoms with Crippen molar-refractivity contribution in [1.29, 1.82) is 0 Å². The summed E-state index contributed by atoms with van der Waals surface area (Å²) in [7, 11) is 0. The summed E-state index contributed by atoms with van der Waals surface area (Å²) in [6.07, 6.45) is 4.83. The first-order valence-corrected chi connectivity index (χ1v) is 6.62. The third kappa shape index (κ3) is 2.91. The largest absolute Gasteiger partial charge is 0.464 e. The van der Waals surface area contributed by atoms with E-state index in [4.69, 9.17) is 10.5 Å². The molecule has 1 unspecified atom stereocenters. The fourth-order valence-electron chi connectivity index (χ4n) is 2.42. The molecule has 0 heterocycles. The maximum atomic E-state index is 12.1. The molecule has 1 aliphatic carbocycles. The molecule has 2 rings (SSSR count). The Hall–Kier alpha value is -1.35.